The van der Waals surface area contributed by atoms with Crippen LogP contribution in [0.25, 0.3) is 6.08 Å². The van der Waals surface area contributed by atoms with Crippen molar-refractivity contribution >= 4 is 29.6 Å². The quantitative estimate of drug-likeness (QED) is 0.409. The third-order valence-electron chi connectivity index (χ3n) is 5.13. The second-order valence-electron chi connectivity index (χ2n) is 7.75. The van der Waals surface area contributed by atoms with Crippen LogP contribution in [0, 0.1) is 12.7 Å². The van der Waals surface area contributed by atoms with E-state index in [0.717, 1.165) is 10.5 Å². The maximum Gasteiger partial charge on any atom is 0.329 e. The number of para-hydroxylation sites is 1. The molecule has 1 heterocycles. The highest BCUT2D eigenvalue weighted by atomic mass is 19.1. The van der Waals surface area contributed by atoms with Crippen LogP contribution in [0.15, 0.2) is 78.5 Å². The molecule has 0 bridgehead atoms. The van der Waals surface area contributed by atoms with Gasteiger partial charge in [-0.25, -0.2) is 14.1 Å². The van der Waals surface area contributed by atoms with E-state index in [9.17, 15) is 18.8 Å². The largest absolute Gasteiger partial charge is 0.489 e. The van der Waals surface area contributed by atoms with Crippen LogP contribution in [-0.2, 0) is 16.2 Å². The number of imide groups is 1. The number of benzene rings is 3. The smallest absolute Gasteiger partial charge is 0.329 e. The Hall–Kier alpha value is -4.46. The molecule has 3 aromatic rings. The van der Waals surface area contributed by atoms with Gasteiger partial charge in [0.2, 0.25) is 5.91 Å². The molecule has 1 aliphatic heterocycles. The summed E-state index contributed by atoms with van der Waals surface area (Å²) >= 11 is 0. The Morgan fingerprint density at radius 2 is 1.74 bits per heavy atom. The standard InChI is InChI=1S/C26H22FN3O4/c1-17-6-8-19(9-7-17)16-34-20-12-10-18(11-13-20)14-23-25(32)30(26(33)29-23)15-24(31)28-22-5-3-2-4-21(22)27/h2-14H,15-16H2,1H3,(H,28,31)(H,29,33)/b23-14+. The average molecular weight is 459 g/mol. The van der Waals surface area contributed by atoms with Gasteiger partial charge in [0.1, 0.15) is 30.4 Å². The first-order chi connectivity index (χ1) is 16.4. The Bertz CT molecular complexity index is 1250. The summed E-state index contributed by atoms with van der Waals surface area (Å²) in [6, 6.07) is 20.0. The van der Waals surface area contributed by atoms with Crippen molar-refractivity contribution in [3.63, 3.8) is 0 Å². The molecule has 0 unspecified atom stereocenters. The number of amides is 4. The molecule has 1 fully saturated rings. The number of nitrogens with one attached hydrogen (secondary N) is 2. The van der Waals surface area contributed by atoms with E-state index >= 15 is 0 Å². The van der Waals surface area contributed by atoms with E-state index in [1.54, 1.807) is 30.3 Å². The first-order valence-electron chi connectivity index (χ1n) is 10.6. The van der Waals surface area contributed by atoms with Crippen LogP contribution in [0.1, 0.15) is 16.7 Å². The minimum Gasteiger partial charge on any atom is -0.489 e. The second kappa shape index (κ2) is 9.99. The summed E-state index contributed by atoms with van der Waals surface area (Å²) in [5, 5.41) is 4.82. The fourth-order valence-electron chi connectivity index (χ4n) is 3.29. The summed E-state index contributed by atoms with van der Waals surface area (Å²) in [6.45, 7) is 1.91. The number of nitrogens with zero attached hydrogens (tertiary/aromatic N) is 1. The summed E-state index contributed by atoms with van der Waals surface area (Å²) in [5.74, 6) is -1.28. The molecule has 4 rings (SSSR count). The number of carbonyl (C=O) groups is 3. The lowest BCUT2D eigenvalue weighted by atomic mass is 10.1. The number of carbonyl (C=O) groups excluding carboxylic acids is 3. The highest BCUT2D eigenvalue weighted by molar-refractivity contribution is 6.15. The maximum absolute atomic E-state index is 13.7. The molecule has 0 atom stereocenters. The van der Waals surface area contributed by atoms with Gasteiger partial charge in [-0.3, -0.25) is 9.59 Å². The maximum atomic E-state index is 13.7. The number of urea groups is 1. The van der Waals surface area contributed by atoms with E-state index < -0.39 is 30.2 Å². The van der Waals surface area contributed by atoms with Crippen molar-refractivity contribution < 1.29 is 23.5 Å². The van der Waals surface area contributed by atoms with Crippen LogP contribution in [0.5, 0.6) is 5.75 Å². The molecule has 0 saturated carbocycles. The van der Waals surface area contributed by atoms with Gasteiger partial charge in [-0.05, 0) is 48.4 Å². The van der Waals surface area contributed by atoms with Gasteiger partial charge in [-0.1, -0.05) is 54.1 Å². The highest BCUT2D eigenvalue weighted by Crippen LogP contribution is 2.19. The molecular formula is C26H22FN3O4. The zero-order chi connectivity index (χ0) is 24.1. The van der Waals surface area contributed by atoms with Crippen LogP contribution in [0.2, 0.25) is 0 Å². The third-order valence-corrected chi connectivity index (χ3v) is 5.13. The average Bonchev–Trinajstić information content (AvgIpc) is 3.08. The van der Waals surface area contributed by atoms with E-state index in [1.807, 2.05) is 31.2 Å². The Morgan fingerprint density at radius 3 is 2.44 bits per heavy atom. The molecule has 7 nitrogen and oxygen atoms in total. The summed E-state index contributed by atoms with van der Waals surface area (Å²) in [4.78, 5) is 37.8. The topological polar surface area (TPSA) is 87.7 Å². The van der Waals surface area contributed by atoms with E-state index in [1.165, 1.54) is 29.8 Å². The fraction of sp³-hybridized carbons (Fsp3) is 0.115. The van der Waals surface area contributed by atoms with Gasteiger partial charge < -0.3 is 15.4 Å². The van der Waals surface area contributed by atoms with E-state index in [4.69, 9.17) is 4.74 Å². The summed E-state index contributed by atoms with van der Waals surface area (Å²) < 4.78 is 19.5. The molecule has 1 saturated heterocycles. The van der Waals surface area contributed by atoms with Gasteiger partial charge in [0, 0.05) is 0 Å². The van der Waals surface area contributed by atoms with Gasteiger partial charge in [0.25, 0.3) is 5.91 Å². The van der Waals surface area contributed by atoms with Crippen molar-refractivity contribution in [3.8, 4) is 5.75 Å². The van der Waals surface area contributed by atoms with Crippen LogP contribution in [0.3, 0.4) is 0 Å². The van der Waals surface area contributed by atoms with Gasteiger partial charge >= 0.3 is 6.03 Å². The molecule has 1 aliphatic rings. The van der Waals surface area contributed by atoms with Gasteiger partial charge in [-0.2, -0.15) is 0 Å². The molecule has 4 amide bonds. The lowest BCUT2D eigenvalue weighted by molar-refractivity contribution is -0.127. The van der Waals surface area contributed by atoms with Crippen molar-refractivity contribution in [2.24, 2.45) is 0 Å². The minimum absolute atomic E-state index is 0.0278. The summed E-state index contributed by atoms with van der Waals surface area (Å²) in [7, 11) is 0. The number of rotatable bonds is 7. The van der Waals surface area contributed by atoms with Crippen molar-refractivity contribution in [3.05, 3.63) is 101 Å². The molecule has 0 radical (unpaired) electrons. The molecule has 2 N–H and O–H groups in total. The minimum atomic E-state index is -0.724. The first kappa shape index (κ1) is 22.7. The normalized spacial score (nSPS) is 14.3. The lowest BCUT2D eigenvalue weighted by Crippen LogP contribution is -2.38. The number of halogens is 1. The molecule has 172 valence electrons. The predicted molar refractivity (Wildman–Crippen MR) is 125 cm³/mol. The van der Waals surface area contributed by atoms with E-state index in [0.29, 0.717) is 17.9 Å². The zero-order valence-electron chi connectivity index (χ0n) is 18.4. The van der Waals surface area contributed by atoms with E-state index in [-0.39, 0.29) is 11.4 Å². The monoisotopic (exact) mass is 459 g/mol. The molecule has 0 spiro atoms. The predicted octanol–water partition coefficient (Wildman–Crippen LogP) is 4.24. The fourth-order valence-corrected chi connectivity index (χ4v) is 3.29. The van der Waals surface area contributed by atoms with Crippen LogP contribution in [0.4, 0.5) is 14.9 Å². The van der Waals surface area contributed by atoms with Crippen molar-refractivity contribution in [1.82, 2.24) is 10.2 Å². The van der Waals surface area contributed by atoms with Crippen LogP contribution >= 0.6 is 0 Å². The molecule has 8 heteroatoms. The third kappa shape index (κ3) is 5.47. The molecule has 34 heavy (non-hydrogen) atoms. The van der Waals surface area contributed by atoms with Gasteiger partial charge in [0.05, 0.1) is 5.69 Å². The van der Waals surface area contributed by atoms with Crippen molar-refractivity contribution in [2.75, 3.05) is 11.9 Å². The number of anilines is 1. The molecular weight excluding hydrogens is 437 g/mol. The van der Waals surface area contributed by atoms with Crippen molar-refractivity contribution in [1.29, 1.82) is 0 Å². The Morgan fingerprint density at radius 1 is 1.03 bits per heavy atom. The molecule has 3 aromatic carbocycles. The number of aryl methyl sites for hydroxylation is 1. The van der Waals surface area contributed by atoms with Gasteiger partial charge in [0.15, 0.2) is 0 Å². The van der Waals surface area contributed by atoms with Crippen LogP contribution in [-0.4, -0.2) is 29.3 Å². The highest BCUT2D eigenvalue weighted by Gasteiger charge is 2.35. The summed E-state index contributed by atoms with van der Waals surface area (Å²) in [5.41, 5.74) is 2.91. The number of hydrogen-bond acceptors (Lipinski definition) is 4. The number of hydrogen-bond donors (Lipinski definition) is 2. The van der Waals surface area contributed by atoms with E-state index in [2.05, 4.69) is 10.6 Å². The summed E-state index contributed by atoms with van der Waals surface area (Å²) in [6.07, 6.45) is 1.51. The SMILES string of the molecule is Cc1ccc(COc2ccc(/C=C3/NC(=O)N(CC(=O)Nc4ccccc4F)C3=O)cc2)cc1. The number of ether oxygens (including phenoxy) is 1. The van der Waals surface area contributed by atoms with Gasteiger partial charge in [-0.15, -0.1) is 0 Å². The lowest BCUT2D eigenvalue weighted by Gasteiger charge is -2.12. The van der Waals surface area contributed by atoms with Crippen LogP contribution < -0.4 is 15.4 Å². The molecule has 0 aliphatic carbocycles. The first-order valence-corrected chi connectivity index (χ1v) is 10.6. The zero-order valence-corrected chi connectivity index (χ0v) is 18.4. The second-order valence-corrected chi connectivity index (χ2v) is 7.75. The Balaban J connectivity index is 1.36. The Kier molecular flexibility index (Phi) is 6.68. The van der Waals surface area contributed by atoms with Crippen molar-refractivity contribution in [2.45, 2.75) is 13.5 Å². The Labute approximate surface area is 195 Å². The molecule has 0 aromatic heterocycles.